The van der Waals surface area contributed by atoms with E-state index in [0.29, 0.717) is 5.92 Å². The van der Waals surface area contributed by atoms with E-state index in [9.17, 15) is 0 Å². The zero-order valence-electron chi connectivity index (χ0n) is 10.3. The average molecular weight is 220 g/mol. The van der Waals surface area contributed by atoms with E-state index in [1.165, 1.54) is 0 Å². The van der Waals surface area contributed by atoms with Crippen LogP contribution in [0.25, 0.3) is 0 Å². The van der Waals surface area contributed by atoms with Crippen molar-refractivity contribution in [1.29, 1.82) is 0 Å². The number of nitrogens with two attached hydrogens (primary N) is 1. The van der Waals surface area contributed by atoms with Gasteiger partial charge < -0.3 is 10.6 Å². The number of piperidine rings is 1. The lowest BCUT2D eigenvalue weighted by Gasteiger charge is -2.35. The van der Waals surface area contributed by atoms with Crippen molar-refractivity contribution in [1.82, 2.24) is 9.97 Å². The van der Waals surface area contributed by atoms with Crippen molar-refractivity contribution in [2.45, 2.75) is 33.2 Å². The van der Waals surface area contributed by atoms with Crippen molar-refractivity contribution < 1.29 is 0 Å². The van der Waals surface area contributed by atoms with Gasteiger partial charge in [-0.1, -0.05) is 6.92 Å². The molecule has 2 N–H and O–H groups in total. The molecule has 1 aromatic rings. The van der Waals surface area contributed by atoms with Crippen LogP contribution in [0, 0.1) is 19.8 Å². The van der Waals surface area contributed by atoms with Crippen LogP contribution in [0.2, 0.25) is 0 Å². The number of rotatable bonds is 1. The Morgan fingerprint density at radius 3 is 2.75 bits per heavy atom. The minimum absolute atomic E-state index is 0.247. The van der Waals surface area contributed by atoms with Crippen LogP contribution in [-0.4, -0.2) is 29.1 Å². The maximum atomic E-state index is 6.08. The lowest BCUT2D eigenvalue weighted by Crippen LogP contribution is -2.48. The summed E-state index contributed by atoms with van der Waals surface area (Å²) in [6, 6.07) is 0.247. The highest BCUT2D eigenvalue weighted by Gasteiger charge is 2.24. The van der Waals surface area contributed by atoms with Gasteiger partial charge in [0.2, 0.25) is 0 Å². The van der Waals surface area contributed by atoms with E-state index in [-0.39, 0.29) is 6.04 Å². The van der Waals surface area contributed by atoms with Crippen molar-refractivity contribution >= 4 is 5.82 Å². The van der Waals surface area contributed by atoms with Crippen molar-refractivity contribution in [2.24, 2.45) is 11.7 Å². The topological polar surface area (TPSA) is 55.0 Å². The van der Waals surface area contributed by atoms with Crippen LogP contribution < -0.4 is 10.6 Å². The number of hydrogen-bond donors (Lipinski definition) is 1. The van der Waals surface area contributed by atoms with Gasteiger partial charge in [0.15, 0.2) is 0 Å². The van der Waals surface area contributed by atoms with Gasteiger partial charge in [-0.05, 0) is 26.2 Å². The first-order valence-corrected chi connectivity index (χ1v) is 5.88. The van der Waals surface area contributed by atoms with Gasteiger partial charge in [-0.2, -0.15) is 0 Å². The summed E-state index contributed by atoms with van der Waals surface area (Å²) in [5.74, 6) is 1.57. The predicted octanol–water partition coefficient (Wildman–Crippen LogP) is 1.27. The lowest BCUT2D eigenvalue weighted by atomic mass is 9.94. The molecule has 1 aromatic heterocycles. The largest absolute Gasteiger partial charge is 0.354 e. The third-order valence-corrected chi connectivity index (χ3v) is 3.52. The second-order valence-corrected chi connectivity index (χ2v) is 4.77. The molecule has 88 valence electrons. The fourth-order valence-corrected chi connectivity index (χ4v) is 1.99. The molecule has 0 saturated carbocycles. The summed E-state index contributed by atoms with van der Waals surface area (Å²) in [5.41, 5.74) is 8.09. The van der Waals surface area contributed by atoms with Crippen LogP contribution >= 0.6 is 0 Å². The average Bonchev–Trinajstić information content (AvgIpc) is 2.26. The maximum absolute atomic E-state index is 6.08. The van der Waals surface area contributed by atoms with Gasteiger partial charge in [0.05, 0.1) is 17.6 Å². The van der Waals surface area contributed by atoms with Gasteiger partial charge in [0, 0.05) is 19.1 Å². The van der Waals surface area contributed by atoms with Crippen molar-refractivity contribution in [3.05, 3.63) is 17.6 Å². The SMILES string of the molecule is Cc1ncc(N2CCC(C)C(N)C2)nc1C. The Kier molecular flexibility index (Phi) is 3.10. The maximum Gasteiger partial charge on any atom is 0.147 e. The molecular formula is C12H20N4. The second-order valence-electron chi connectivity index (χ2n) is 4.77. The molecule has 1 saturated heterocycles. The molecule has 0 radical (unpaired) electrons. The predicted molar refractivity (Wildman–Crippen MR) is 65.5 cm³/mol. The molecule has 0 spiro atoms. The van der Waals surface area contributed by atoms with Crippen LogP contribution in [0.15, 0.2) is 6.20 Å². The zero-order valence-corrected chi connectivity index (χ0v) is 10.3. The Morgan fingerprint density at radius 2 is 2.12 bits per heavy atom. The van der Waals surface area contributed by atoms with E-state index >= 15 is 0 Å². The van der Waals surface area contributed by atoms with Gasteiger partial charge in [0.1, 0.15) is 5.82 Å². The van der Waals surface area contributed by atoms with Gasteiger partial charge in [-0.3, -0.25) is 4.98 Å². The molecule has 2 unspecified atom stereocenters. The van der Waals surface area contributed by atoms with Crippen molar-refractivity contribution in [3.8, 4) is 0 Å². The Labute approximate surface area is 96.9 Å². The smallest absolute Gasteiger partial charge is 0.147 e. The third-order valence-electron chi connectivity index (χ3n) is 3.52. The molecular weight excluding hydrogens is 200 g/mol. The van der Waals surface area contributed by atoms with Crippen LogP contribution in [0.5, 0.6) is 0 Å². The van der Waals surface area contributed by atoms with E-state index in [2.05, 4.69) is 21.8 Å². The fraction of sp³-hybridized carbons (Fsp3) is 0.667. The number of nitrogens with zero attached hydrogens (tertiary/aromatic N) is 3. The molecule has 1 aliphatic heterocycles. The first-order valence-electron chi connectivity index (χ1n) is 5.88. The Morgan fingerprint density at radius 1 is 1.38 bits per heavy atom. The molecule has 1 fully saturated rings. The Bertz CT molecular complexity index is 377. The van der Waals surface area contributed by atoms with E-state index < -0.39 is 0 Å². The normalized spacial score (nSPS) is 25.9. The molecule has 1 aliphatic rings. The summed E-state index contributed by atoms with van der Waals surface area (Å²) in [7, 11) is 0. The molecule has 0 aliphatic carbocycles. The van der Waals surface area contributed by atoms with Crippen molar-refractivity contribution in [2.75, 3.05) is 18.0 Å². The van der Waals surface area contributed by atoms with E-state index in [1.807, 2.05) is 20.0 Å². The zero-order chi connectivity index (χ0) is 11.7. The van der Waals surface area contributed by atoms with E-state index in [1.54, 1.807) is 0 Å². The fourth-order valence-electron chi connectivity index (χ4n) is 1.99. The highest BCUT2D eigenvalue weighted by Crippen LogP contribution is 2.20. The number of aromatic nitrogens is 2. The summed E-state index contributed by atoms with van der Waals surface area (Å²) in [6.07, 6.45) is 2.99. The molecule has 2 heterocycles. The van der Waals surface area contributed by atoms with Crippen molar-refractivity contribution in [3.63, 3.8) is 0 Å². The van der Waals surface area contributed by atoms with Gasteiger partial charge in [-0.25, -0.2) is 4.98 Å². The quantitative estimate of drug-likeness (QED) is 0.774. The van der Waals surface area contributed by atoms with Crippen LogP contribution in [0.4, 0.5) is 5.82 Å². The summed E-state index contributed by atoms with van der Waals surface area (Å²) in [5, 5.41) is 0. The van der Waals surface area contributed by atoms with Gasteiger partial charge in [0.25, 0.3) is 0 Å². The minimum atomic E-state index is 0.247. The molecule has 0 amide bonds. The van der Waals surface area contributed by atoms with Crippen LogP contribution in [0.3, 0.4) is 0 Å². The summed E-state index contributed by atoms with van der Waals surface area (Å²) < 4.78 is 0. The van der Waals surface area contributed by atoms with Gasteiger partial charge in [-0.15, -0.1) is 0 Å². The lowest BCUT2D eigenvalue weighted by molar-refractivity contribution is 0.377. The van der Waals surface area contributed by atoms with E-state index in [4.69, 9.17) is 5.73 Å². The van der Waals surface area contributed by atoms with Gasteiger partial charge >= 0.3 is 0 Å². The second kappa shape index (κ2) is 4.37. The molecule has 4 nitrogen and oxygen atoms in total. The first-order chi connectivity index (χ1) is 7.58. The molecule has 0 aromatic carbocycles. The first kappa shape index (κ1) is 11.3. The highest BCUT2D eigenvalue weighted by atomic mass is 15.2. The van der Waals surface area contributed by atoms with Crippen LogP contribution in [0.1, 0.15) is 24.7 Å². The highest BCUT2D eigenvalue weighted by molar-refractivity contribution is 5.38. The third kappa shape index (κ3) is 2.16. The van der Waals surface area contributed by atoms with E-state index in [0.717, 1.165) is 36.7 Å². The molecule has 0 bridgehead atoms. The molecule has 16 heavy (non-hydrogen) atoms. The standard InChI is InChI=1S/C12H20N4/c1-8-4-5-16(7-11(8)13)12-6-14-9(2)10(3)15-12/h6,8,11H,4-5,7,13H2,1-3H3. The summed E-state index contributed by atoms with van der Waals surface area (Å²) >= 11 is 0. The number of anilines is 1. The monoisotopic (exact) mass is 220 g/mol. The Balaban J connectivity index is 2.15. The molecule has 2 atom stereocenters. The number of aryl methyl sites for hydroxylation is 2. The number of hydrogen-bond acceptors (Lipinski definition) is 4. The van der Waals surface area contributed by atoms with Crippen LogP contribution in [-0.2, 0) is 0 Å². The summed E-state index contributed by atoms with van der Waals surface area (Å²) in [6.45, 7) is 8.12. The Hall–Kier alpha value is -1.16. The minimum Gasteiger partial charge on any atom is -0.354 e. The molecule has 4 heteroatoms. The summed E-state index contributed by atoms with van der Waals surface area (Å²) in [4.78, 5) is 11.2. The molecule has 2 rings (SSSR count).